The van der Waals surface area contributed by atoms with Crippen LogP contribution in [-0.4, -0.2) is 28.8 Å². The van der Waals surface area contributed by atoms with Gasteiger partial charge in [0.15, 0.2) is 0 Å². The number of amides is 1. The third-order valence-corrected chi connectivity index (χ3v) is 2.74. The van der Waals surface area contributed by atoms with Crippen LogP contribution in [0.2, 0.25) is 0 Å². The Morgan fingerprint density at radius 1 is 1.55 bits per heavy atom. The van der Waals surface area contributed by atoms with Crippen molar-refractivity contribution in [1.29, 1.82) is 0 Å². The molecule has 0 aliphatic carbocycles. The van der Waals surface area contributed by atoms with E-state index in [1.807, 2.05) is 6.92 Å². The van der Waals surface area contributed by atoms with E-state index in [2.05, 4.69) is 5.92 Å². The molecule has 5 nitrogen and oxygen atoms in total. The molecule has 6 heteroatoms. The third-order valence-electron chi connectivity index (χ3n) is 2.74. The predicted octanol–water partition coefficient (Wildman–Crippen LogP) is 2.53. The molecule has 106 valence electrons. The highest BCUT2D eigenvalue weighted by Crippen LogP contribution is 2.22. The molecule has 0 aromatic heterocycles. The minimum atomic E-state index is -0.751. The van der Waals surface area contributed by atoms with Gasteiger partial charge in [0.25, 0.3) is 11.6 Å². The van der Waals surface area contributed by atoms with E-state index in [9.17, 15) is 19.3 Å². The summed E-state index contributed by atoms with van der Waals surface area (Å²) in [6, 6.07) is 2.04. The smallest absolute Gasteiger partial charge is 0.270 e. The largest absolute Gasteiger partial charge is 0.327 e. The summed E-state index contributed by atoms with van der Waals surface area (Å²) in [7, 11) is 0. The van der Waals surface area contributed by atoms with E-state index in [1.54, 1.807) is 0 Å². The van der Waals surface area contributed by atoms with E-state index in [0.29, 0.717) is 13.0 Å². The van der Waals surface area contributed by atoms with Gasteiger partial charge in [-0.3, -0.25) is 14.9 Å². The number of aryl methyl sites for hydroxylation is 1. The van der Waals surface area contributed by atoms with Crippen LogP contribution in [0.3, 0.4) is 0 Å². The number of rotatable bonds is 5. The van der Waals surface area contributed by atoms with E-state index in [-0.39, 0.29) is 23.4 Å². The van der Waals surface area contributed by atoms with Gasteiger partial charge in [-0.1, -0.05) is 12.8 Å². The molecular weight excluding hydrogens is 263 g/mol. The van der Waals surface area contributed by atoms with Gasteiger partial charge in [0.2, 0.25) is 0 Å². The van der Waals surface area contributed by atoms with E-state index < -0.39 is 16.6 Å². The van der Waals surface area contributed by atoms with Crippen molar-refractivity contribution in [1.82, 2.24) is 4.90 Å². The van der Waals surface area contributed by atoms with Crippen molar-refractivity contribution in [2.75, 3.05) is 13.1 Å². The Morgan fingerprint density at radius 2 is 2.20 bits per heavy atom. The minimum Gasteiger partial charge on any atom is -0.327 e. The first kappa shape index (κ1) is 15.6. The number of halogens is 1. The molecule has 0 aliphatic heterocycles. The van der Waals surface area contributed by atoms with Crippen molar-refractivity contribution in [3.63, 3.8) is 0 Å². The maximum atomic E-state index is 14.0. The maximum Gasteiger partial charge on any atom is 0.270 e. The highest BCUT2D eigenvalue weighted by Gasteiger charge is 2.23. The minimum absolute atomic E-state index is 0.0356. The number of nitro groups is 1. The number of nitrogens with zero attached hydrogens (tertiary/aromatic N) is 2. The molecule has 1 aromatic rings. The maximum absolute atomic E-state index is 14.0. The zero-order valence-corrected chi connectivity index (χ0v) is 11.4. The van der Waals surface area contributed by atoms with Crippen molar-refractivity contribution in [3.8, 4) is 12.3 Å². The van der Waals surface area contributed by atoms with Crippen LogP contribution in [0.25, 0.3) is 0 Å². The summed E-state index contributed by atoms with van der Waals surface area (Å²) in [6.07, 6.45) is 5.83. The quantitative estimate of drug-likeness (QED) is 0.472. The Balaban J connectivity index is 3.26. The van der Waals surface area contributed by atoms with Gasteiger partial charge in [-0.15, -0.1) is 6.42 Å². The average Bonchev–Trinajstić information content (AvgIpc) is 2.40. The lowest BCUT2D eigenvalue weighted by molar-refractivity contribution is -0.385. The molecule has 1 amide bonds. The number of nitro benzene ring substituents is 1. The Hall–Kier alpha value is -2.42. The first-order chi connectivity index (χ1) is 9.42. The van der Waals surface area contributed by atoms with Crippen LogP contribution < -0.4 is 0 Å². The van der Waals surface area contributed by atoms with E-state index in [4.69, 9.17) is 6.42 Å². The highest BCUT2D eigenvalue weighted by atomic mass is 19.1. The lowest BCUT2D eigenvalue weighted by Gasteiger charge is -2.20. The second kappa shape index (κ2) is 6.66. The fourth-order valence-corrected chi connectivity index (χ4v) is 1.81. The summed E-state index contributed by atoms with van der Waals surface area (Å²) in [6.45, 7) is 3.63. The molecule has 20 heavy (non-hydrogen) atoms. The SMILES string of the molecule is C#CCN(CCC)C(=O)c1cc([N+](=O)[O-])cc(C)c1F. The van der Waals surface area contributed by atoms with E-state index >= 15 is 0 Å². The monoisotopic (exact) mass is 278 g/mol. The van der Waals surface area contributed by atoms with Crippen LogP contribution in [0.1, 0.15) is 29.3 Å². The summed E-state index contributed by atoms with van der Waals surface area (Å²) in [5, 5.41) is 10.8. The number of hydrogen-bond donors (Lipinski definition) is 0. The highest BCUT2D eigenvalue weighted by molar-refractivity contribution is 5.95. The van der Waals surface area contributed by atoms with Crippen molar-refractivity contribution in [2.45, 2.75) is 20.3 Å². The lowest BCUT2D eigenvalue weighted by Crippen LogP contribution is -2.33. The molecule has 0 N–H and O–H groups in total. The van der Waals surface area contributed by atoms with E-state index in [0.717, 1.165) is 12.1 Å². The van der Waals surface area contributed by atoms with Gasteiger partial charge in [0.05, 0.1) is 17.0 Å². The van der Waals surface area contributed by atoms with Gasteiger partial charge in [-0.25, -0.2) is 4.39 Å². The summed E-state index contributed by atoms with van der Waals surface area (Å²) < 4.78 is 14.0. The zero-order chi connectivity index (χ0) is 15.3. The first-order valence-electron chi connectivity index (χ1n) is 6.09. The number of hydrogen-bond acceptors (Lipinski definition) is 3. The van der Waals surface area contributed by atoms with Crippen molar-refractivity contribution < 1.29 is 14.1 Å². The van der Waals surface area contributed by atoms with Crippen molar-refractivity contribution >= 4 is 11.6 Å². The number of benzene rings is 1. The Labute approximate surface area is 116 Å². The van der Waals surface area contributed by atoms with Crippen molar-refractivity contribution in [2.24, 2.45) is 0 Å². The molecule has 0 unspecified atom stereocenters. The second-order valence-electron chi connectivity index (χ2n) is 4.31. The molecule has 0 bridgehead atoms. The van der Waals surface area contributed by atoms with Crippen LogP contribution >= 0.6 is 0 Å². The lowest BCUT2D eigenvalue weighted by atomic mass is 10.1. The summed E-state index contributed by atoms with van der Waals surface area (Å²) >= 11 is 0. The van der Waals surface area contributed by atoms with Crippen molar-refractivity contribution in [3.05, 3.63) is 39.2 Å². The molecule has 0 saturated heterocycles. The number of carbonyl (C=O) groups excluding carboxylic acids is 1. The molecule has 0 atom stereocenters. The van der Waals surface area contributed by atoms with Crippen LogP contribution in [0.5, 0.6) is 0 Å². The molecule has 1 rings (SSSR count). The summed E-state index contributed by atoms with van der Waals surface area (Å²) in [5.41, 5.74) is -0.579. The number of carbonyl (C=O) groups is 1. The van der Waals surface area contributed by atoms with Gasteiger partial charge in [-0.05, 0) is 18.9 Å². The average molecular weight is 278 g/mol. The standard InChI is InChI=1S/C14H15FN2O3/c1-4-6-16(7-5-2)14(18)12-9-11(17(19)20)8-10(3)13(12)15/h1,8-9H,5-7H2,2-3H3. The zero-order valence-electron chi connectivity index (χ0n) is 11.4. The first-order valence-corrected chi connectivity index (χ1v) is 6.09. The van der Waals surface area contributed by atoms with Gasteiger partial charge in [0.1, 0.15) is 5.82 Å². The van der Waals surface area contributed by atoms with Gasteiger partial charge >= 0.3 is 0 Å². The normalized spacial score (nSPS) is 9.90. The van der Waals surface area contributed by atoms with Gasteiger partial charge in [-0.2, -0.15) is 0 Å². The molecule has 0 aliphatic rings. The van der Waals surface area contributed by atoms with Crippen LogP contribution in [0, 0.1) is 35.2 Å². The molecule has 0 spiro atoms. The van der Waals surface area contributed by atoms with E-state index in [1.165, 1.54) is 11.8 Å². The van der Waals surface area contributed by atoms with Gasteiger partial charge < -0.3 is 4.90 Å². The summed E-state index contributed by atoms with van der Waals surface area (Å²) in [4.78, 5) is 23.7. The fraction of sp³-hybridized carbons (Fsp3) is 0.357. The van der Waals surface area contributed by atoms with Gasteiger partial charge in [0, 0.05) is 18.7 Å². The van der Waals surface area contributed by atoms with Crippen LogP contribution in [0.15, 0.2) is 12.1 Å². The molecule has 0 saturated carbocycles. The topological polar surface area (TPSA) is 63.5 Å². The number of terminal acetylenes is 1. The predicted molar refractivity (Wildman–Crippen MR) is 72.8 cm³/mol. The fourth-order valence-electron chi connectivity index (χ4n) is 1.81. The van der Waals surface area contributed by atoms with Crippen LogP contribution in [0.4, 0.5) is 10.1 Å². The summed E-state index contributed by atoms with van der Waals surface area (Å²) in [5.74, 6) is 0.942. The third kappa shape index (κ3) is 3.32. The molecule has 1 aromatic carbocycles. The molecular formula is C14H15FN2O3. The molecule has 0 fully saturated rings. The molecule has 0 radical (unpaired) electrons. The number of non-ortho nitro benzene ring substituents is 1. The molecule has 0 heterocycles. The van der Waals surface area contributed by atoms with Crippen LogP contribution in [-0.2, 0) is 0 Å². The Bertz CT molecular complexity index is 579. The Kier molecular flexibility index (Phi) is 5.21. The Morgan fingerprint density at radius 3 is 2.70 bits per heavy atom. The second-order valence-corrected chi connectivity index (χ2v) is 4.31.